The second kappa shape index (κ2) is 7.41. The van der Waals surface area contributed by atoms with Gasteiger partial charge in [-0.15, -0.1) is 5.10 Å². The zero-order valence-corrected chi connectivity index (χ0v) is 17.1. The van der Waals surface area contributed by atoms with E-state index in [0.717, 1.165) is 33.5 Å². The van der Waals surface area contributed by atoms with Crippen LogP contribution in [-0.4, -0.2) is 27.8 Å². The molecule has 0 bridgehead atoms. The number of nitrogens with zero attached hydrogens (tertiary/aromatic N) is 3. The number of carbonyl (C=O) groups excluding carboxylic acids is 1. The highest BCUT2D eigenvalue weighted by atomic mass is 16.5. The first-order valence-corrected chi connectivity index (χ1v) is 10.2. The number of ether oxygens (including phenoxy) is 1. The summed E-state index contributed by atoms with van der Waals surface area (Å²) in [5.41, 5.74) is 6.04. The summed E-state index contributed by atoms with van der Waals surface area (Å²) in [7, 11) is 1.44. The van der Waals surface area contributed by atoms with Crippen molar-refractivity contribution < 1.29 is 9.53 Å². The topological polar surface area (TPSA) is 57.0 Å². The second-order valence-electron chi connectivity index (χ2n) is 7.97. The summed E-state index contributed by atoms with van der Waals surface area (Å²) in [5, 5.41) is 9.58. The van der Waals surface area contributed by atoms with Crippen LogP contribution in [0.4, 0.5) is 0 Å². The van der Waals surface area contributed by atoms with Gasteiger partial charge in [-0.3, -0.25) is 4.57 Å². The smallest absolute Gasteiger partial charge is 0.338 e. The van der Waals surface area contributed by atoms with Gasteiger partial charge in [-0.1, -0.05) is 18.2 Å². The average Bonchev–Trinajstić information content (AvgIpc) is 3.54. The van der Waals surface area contributed by atoms with Crippen LogP contribution in [0.15, 0.2) is 60.8 Å². The standard InChI is InChI=1S/C25H23N3O2/c1-16-3-10-24(27-26-16)28-12-11-21-14-17(4-9-23(21)28)13-20-8-7-19(18-5-6-18)15-22(20)25(29)30-2/h3-4,7-12,14-15,18H,5-6,13H2,1-2H3. The fourth-order valence-electron chi connectivity index (χ4n) is 3.96. The monoisotopic (exact) mass is 397 g/mol. The van der Waals surface area contributed by atoms with Crippen molar-refractivity contribution in [1.82, 2.24) is 14.8 Å². The van der Waals surface area contributed by atoms with Crippen molar-refractivity contribution in [3.8, 4) is 5.82 Å². The molecule has 5 rings (SSSR count). The van der Waals surface area contributed by atoms with Gasteiger partial charge in [0.1, 0.15) is 0 Å². The molecule has 30 heavy (non-hydrogen) atoms. The van der Waals surface area contributed by atoms with Gasteiger partial charge in [-0.05, 0) is 85.2 Å². The van der Waals surface area contributed by atoms with Crippen LogP contribution in [0.3, 0.4) is 0 Å². The number of hydrogen-bond acceptors (Lipinski definition) is 4. The summed E-state index contributed by atoms with van der Waals surface area (Å²) in [6.45, 7) is 1.93. The number of benzene rings is 2. The Morgan fingerprint density at radius 1 is 1.07 bits per heavy atom. The predicted octanol–water partition coefficient (Wildman–Crippen LogP) is 4.98. The number of aromatic nitrogens is 3. The largest absolute Gasteiger partial charge is 0.465 e. The Balaban J connectivity index is 1.47. The zero-order valence-electron chi connectivity index (χ0n) is 17.1. The Morgan fingerprint density at radius 3 is 2.67 bits per heavy atom. The summed E-state index contributed by atoms with van der Waals surface area (Å²) >= 11 is 0. The van der Waals surface area contributed by atoms with Gasteiger partial charge in [-0.25, -0.2) is 4.79 Å². The molecule has 1 aliphatic carbocycles. The van der Waals surface area contributed by atoms with Gasteiger partial charge < -0.3 is 4.74 Å². The SMILES string of the molecule is COC(=O)c1cc(C2CC2)ccc1Cc1ccc2c(ccn2-c2ccc(C)nn2)c1. The van der Waals surface area contributed by atoms with Gasteiger partial charge in [0.05, 0.1) is 23.9 Å². The third-order valence-corrected chi connectivity index (χ3v) is 5.77. The van der Waals surface area contributed by atoms with Crippen molar-refractivity contribution in [2.45, 2.75) is 32.1 Å². The first kappa shape index (κ1) is 18.6. The lowest BCUT2D eigenvalue weighted by Gasteiger charge is -2.11. The second-order valence-corrected chi connectivity index (χ2v) is 7.97. The van der Waals surface area contributed by atoms with Crippen LogP contribution in [0.25, 0.3) is 16.7 Å². The molecular formula is C25H23N3O2. The molecular weight excluding hydrogens is 374 g/mol. The van der Waals surface area contributed by atoms with Gasteiger partial charge in [-0.2, -0.15) is 5.10 Å². The highest BCUT2D eigenvalue weighted by Crippen LogP contribution is 2.40. The lowest BCUT2D eigenvalue weighted by molar-refractivity contribution is 0.0599. The molecule has 0 saturated heterocycles. The van der Waals surface area contributed by atoms with Crippen molar-refractivity contribution >= 4 is 16.9 Å². The first-order chi connectivity index (χ1) is 14.6. The minimum atomic E-state index is -0.266. The molecule has 0 radical (unpaired) electrons. The average molecular weight is 397 g/mol. The maximum Gasteiger partial charge on any atom is 0.338 e. The van der Waals surface area contributed by atoms with Crippen LogP contribution in [0, 0.1) is 6.92 Å². The molecule has 150 valence electrons. The molecule has 2 aromatic carbocycles. The number of hydrogen-bond donors (Lipinski definition) is 0. The fourth-order valence-corrected chi connectivity index (χ4v) is 3.96. The van der Waals surface area contributed by atoms with Crippen LogP contribution >= 0.6 is 0 Å². The van der Waals surface area contributed by atoms with Gasteiger partial charge in [0.2, 0.25) is 0 Å². The molecule has 4 aromatic rings. The van der Waals surface area contributed by atoms with E-state index in [4.69, 9.17) is 4.74 Å². The van der Waals surface area contributed by atoms with E-state index in [1.54, 1.807) is 0 Å². The Bertz CT molecular complexity index is 1240. The Morgan fingerprint density at radius 2 is 1.93 bits per heavy atom. The first-order valence-electron chi connectivity index (χ1n) is 10.2. The summed E-state index contributed by atoms with van der Waals surface area (Å²) in [5.74, 6) is 1.13. The number of aryl methyl sites for hydroxylation is 1. The lowest BCUT2D eigenvalue weighted by Crippen LogP contribution is -2.07. The van der Waals surface area contributed by atoms with Crippen LogP contribution in [0.2, 0.25) is 0 Å². The third-order valence-electron chi connectivity index (χ3n) is 5.77. The van der Waals surface area contributed by atoms with E-state index in [0.29, 0.717) is 17.9 Å². The maximum absolute atomic E-state index is 12.4. The number of methoxy groups -OCH3 is 1. The number of carbonyl (C=O) groups is 1. The molecule has 5 nitrogen and oxygen atoms in total. The number of esters is 1. The Labute approximate surface area is 175 Å². The summed E-state index contributed by atoms with van der Waals surface area (Å²) < 4.78 is 7.08. The molecule has 0 atom stereocenters. The highest BCUT2D eigenvalue weighted by molar-refractivity contribution is 5.91. The summed E-state index contributed by atoms with van der Waals surface area (Å²) in [6.07, 6.45) is 5.11. The van der Waals surface area contributed by atoms with Gasteiger partial charge in [0.25, 0.3) is 0 Å². The molecule has 2 heterocycles. The molecule has 0 spiro atoms. The van der Waals surface area contributed by atoms with Gasteiger partial charge in [0.15, 0.2) is 5.82 Å². The van der Waals surface area contributed by atoms with Crippen LogP contribution in [0.5, 0.6) is 0 Å². The minimum absolute atomic E-state index is 0.266. The van der Waals surface area contributed by atoms with Crippen LogP contribution < -0.4 is 0 Å². The molecule has 1 fully saturated rings. The number of rotatable bonds is 5. The molecule has 0 amide bonds. The maximum atomic E-state index is 12.4. The molecule has 5 heteroatoms. The number of fused-ring (bicyclic) bond motifs is 1. The normalized spacial score (nSPS) is 13.5. The zero-order chi connectivity index (χ0) is 20.7. The van der Waals surface area contributed by atoms with Crippen molar-refractivity contribution in [1.29, 1.82) is 0 Å². The Hall–Kier alpha value is -3.47. The van der Waals surface area contributed by atoms with Gasteiger partial charge >= 0.3 is 5.97 Å². The molecule has 0 aliphatic heterocycles. The van der Waals surface area contributed by atoms with Gasteiger partial charge in [0, 0.05) is 11.6 Å². The molecule has 2 aromatic heterocycles. The summed E-state index contributed by atoms with van der Waals surface area (Å²) in [6, 6.07) is 18.6. The van der Waals surface area contributed by atoms with Crippen molar-refractivity contribution in [2.24, 2.45) is 0 Å². The lowest BCUT2D eigenvalue weighted by atomic mass is 9.96. The third kappa shape index (κ3) is 3.47. The van der Waals surface area contributed by atoms with Crippen molar-refractivity contribution in [3.63, 3.8) is 0 Å². The van der Waals surface area contributed by atoms with Crippen LogP contribution in [-0.2, 0) is 11.2 Å². The van der Waals surface area contributed by atoms with Crippen molar-refractivity contribution in [3.05, 3.63) is 88.7 Å². The van der Waals surface area contributed by atoms with E-state index in [1.807, 2.05) is 35.9 Å². The quantitative estimate of drug-likeness (QED) is 0.446. The molecule has 0 N–H and O–H groups in total. The van der Waals surface area contributed by atoms with E-state index in [-0.39, 0.29) is 5.97 Å². The molecule has 1 saturated carbocycles. The van der Waals surface area contributed by atoms with E-state index in [9.17, 15) is 4.79 Å². The van der Waals surface area contributed by atoms with E-state index in [2.05, 4.69) is 46.6 Å². The van der Waals surface area contributed by atoms with E-state index >= 15 is 0 Å². The fraction of sp³-hybridized carbons (Fsp3) is 0.240. The van der Waals surface area contributed by atoms with E-state index in [1.165, 1.54) is 25.5 Å². The Kier molecular flexibility index (Phi) is 4.58. The van der Waals surface area contributed by atoms with Crippen LogP contribution in [0.1, 0.15) is 51.5 Å². The predicted molar refractivity (Wildman–Crippen MR) is 116 cm³/mol. The minimum Gasteiger partial charge on any atom is -0.465 e. The molecule has 1 aliphatic rings. The highest BCUT2D eigenvalue weighted by Gasteiger charge is 2.25. The van der Waals surface area contributed by atoms with E-state index < -0.39 is 0 Å². The van der Waals surface area contributed by atoms with Crippen molar-refractivity contribution in [2.75, 3.05) is 7.11 Å². The summed E-state index contributed by atoms with van der Waals surface area (Å²) in [4.78, 5) is 12.4. The molecule has 0 unspecified atom stereocenters.